The molecule has 0 spiro atoms. The summed E-state index contributed by atoms with van der Waals surface area (Å²) in [6.07, 6.45) is 0. The summed E-state index contributed by atoms with van der Waals surface area (Å²) in [7, 11) is -3.56. The molecule has 0 saturated heterocycles. The Bertz CT molecular complexity index is 1080. The summed E-state index contributed by atoms with van der Waals surface area (Å²) in [5.74, 6) is -0.830. The number of benzene rings is 2. The lowest BCUT2D eigenvalue weighted by molar-refractivity contribution is 0.0991. The number of rotatable bonds is 6. The summed E-state index contributed by atoms with van der Waals surface area (Å²) in [6.45, 7) is 1.44. The fourth-order valence-corrected chi connectivity index (χ4v) is 3.75. The lowest BCUT2D eigenvalue weighted by Crippen LogP contribution is -2.11. The van der Waals surface area contributed by atoms with E-state index in [0.717, 1.165) is 0 Å². The number of hydrogen-bond acceptors (Lipinski definition) is 5. The normalized spacial score (nSPS) is 11.1. The number of carbonyl (C=O) groups excluding carboxylic acids is 2. The number of sulfone groups is 1. The Morgan fingerprint density at radius 3 is 2.41 bits per heavy atom. The smallest absolute Gasteiger partial charge is 0.291 e. The maximum atomic E-state index is 12.4. The number of carbonyl (C=O) groups is 2. The van der Waals surface area contributed by atoms with E-state index < -0.39 is 15.7 Å². The van der Waals surface area contributed by atoms with Gasteiger partial charge < -0.3 is 9.73 Å². The molecule has 1 amide bonds. The van der Waals surface area contributed by atoms with Crippen molar-refractivity contribution in [2.75, 3.05) is 5.32 Å². The summed E-state index contributed by atoms with van der Waals surface area (Å²) < 4.78 is 30.2. The van der Waals surface area contributed by atoms with Crippen LogP contribution in [0.15, 0.2) is 76.0 Å². The molecule has 3 rings (SSSR count). The van der Waals surface area contributed by atoms with Crippen LogP contribution < -0.4 is 5.32 Å². The topological polar surface area (TPSA) is 93.5 Å². The Balaban J connectivity index is 1.73. The molecule has 0 unspecified atom stereocenters. The van der Waals surface area contributed by atoms with E-state index in [1.54, 1.807) is 42.5 Å². The second-order valence-corrected chi connectivity index (χ2v) is 7.92. The predicted molar refractivity (Wildman–Crippen MR) is 100 cm³/mol. The lowest BCUT2D eigenvalue weighted by Gasteiger charge is -2.05. The molecule has 0 aliphatic heterocycles. The largest absolute Gasteiger partial charge is 0.455 e. The van der Waals surface area contributed by atoms with Crippen LogP contribution in [0.2, 0.25) is 0 Å². The molecule has 27 heavy (non-hydrogen) atoms. The Labute approximate surface area is 156 Å². The van der Waals surface area contributed by atoms with Gasteiger partial charge in [-0.2, -0.15) is 0 Å². The number of furan rings is 1. The Hall–Kier alpha value is -3.19. The molecule has 3 aromatic rings. The third-order valence-electron chi connectivity index (χ3n) is 3.85. The van der Waals surface area contributed by atoms with Crippen molar-refractivity contribution in [2.45, 2.75) is 17.6 Å². The maximum absolute atomic E-state index is 12.4. The molecule has 2 aromatic carbocycles. The van der Waals surface area contributed by atoms with Crippen LogP contribution in [-0.2, 0) is 15.6 Å². The van der Waals surface area contributed by atoms with Gasteiger partial charge in [-0.05, 0) is 43.3 Å². The summed E-state index contributed by atoms with van der Waals surface area (Å²) >= 11 is 0. The van der Waals surface area contributed by atoms with Gasteiger partial charge >= 0.3 is 0 Å². The predicted octanol–water partition coefficient (Wildman–Crippen LogP) is 3.71. The molecule has 0 saturated carbocycles. The minimum absolute atomic E-state index is 0.0125. The van der Waals surface area contributed by atoms with Crippen LogP contribution in [0, 0.1) is 0 Å². The number of anilines is 1. The average molecular weight is 383 g/mol. The lowest BCUT2D eigenvalue weighted by atomic mass is 10.1. The van der Waals surface area contributed by atoms with Gasteiger partial charge in [0.05, 0.1) is 4.90 Å². The Morgan fingerprint density at radius 2 is 1.70 bits per heavy atom. The molecule has 0 bridgehead atoms. The minimum Gasteiger partial charge on any atom is -0.455 e. The van der Waals surface area contributed by atoms with Crippen LogP contribution >= 0.6 is 0 Å². The molecule has 6 nitrogen and oxygen atoms in total. The van der Waals surface area contributed by atoms with Crippen LogP contribution in [-0.4, -0.2) is 20.1 Å². The summed E-state index contributed by atoms with van der Waals surface area (Å²) in [5.41, 5.74) is 0.921. The number of Topliss-reactive ketones (excluding diaryl/α,β-unsaturated/α-hetero) is 1. The summed E-state index contributed by atoms with van der Waals surface area (Å²) in [5, 5.41) is 2.63. The van der Waals surface area contributed by atoms with Crippen molar-refractivity contribution in [3.05, 3.63) is 83.8 Å². The molecule has 0 atom stereocenters. The van der Waals surface area contributed by atoms with Gasteiger partial charge in [0.1, 0.15) is 11.5 Å². The van der Waals surface area contributed by atoms with Crippen molar-refractivity contribution < 1.29 is 22.4 Å². The van der Waals surface area contributed by atoms with Crippen molar-refractivity contribution in [3.63, 3.8) is 0 Å². The first-order chi connectivity index (χ1) is 12.8. The molecule has 1 heterocycles. The van der Waals surface area contributed by atoms with E-state index in [1.807, 2.05) is 0 Å². The van der Waals surface area contributed by atoms with Crippen molar-refractivity contribution in [3.8, 4) is 0 Å². The van der Waals surface area contributed by atoms with Gasteiger partial charge in [0.2, 0.25) is 0 Å². The van der Waals surface area contributed by atoms with E-state index >= 15 is 0 Å². The number of ketones is 1. The van der Waals surface area contributed by atoms with Crippen LogP contribution in [0.5, 0.6) is 0 Å². The highest BCUT2D eigenvalue weighted by Crippen LogP contribution is 2.19. The first kappa shape index (κ1) is 18.6. The molecule has 0 radical (unpaired) electrons. The SMILES string of the molecule is CC(=O)c1cccc(NC(=O)c2ccc(CS(=O)(=O)c3ccccc3)o2)c1. The first-order valence-corrected chi connectivity index (χ1v) is 9.79. The first-order valence-electron chi connectivity index (χ1n) is 8.14. The van der Waals surface area contributed by atoms with Crippen molar-refractivity contribution in [1.29, 1.82) is 0 Å². The van der Waals surface area contributed by atoms with Crippen molar-refractivity contribution >= 4 is 27.2 Å². The van der Waals surface area contributed by atoms with Crippen molar-refractivity contribution in [2.24, 2.45) is 0 Å². The van der Waals surface area contributed by atoms with Gasteiger partial charge in [0.15, 0.2) is 21.4 Å². The zero-order chi connectivity index (χ0) is 19.4. The van der Waals surface area contributed by atoms with Gasteiger partial charge in [-0.3, -0.25) is 9.59 Å². The molecule has 1 aromatic heterocycles. The molecule has 0 aliphatic carbocycles. The molecule has 0 fully saturated rings. The third-order valence-corrected chi connectivity index (χ3v) is 5.50. The van der Waals surface area contributed by atoms with Crippen LogP contribution in [0.1, 0.15) is 33.6 Å². The summed E-state index contributed by atoms with van der Waals surface area (Å²) in [6, 6.07) is 17.4. The zero-order valence-corrected chi connectivity index (χ0v) is 15.3. The monoisotopic (exact) mass is 383 g/mol. The number of amides is 1. The van der Waals surface area contributed by atoms with E-state index in [1.165, 1.54) is 31.2 Å². The van der Waals surface area contributed by atoms with E-state index in [0.29, 0.717) is 11.3 Å². The standard InChI is InChI=1S/C20H17NO5S/c1-14(22)15-6-5-7-16(12-15)21-20(23)19-11-10-17(26-19)13-27(24,25)18-8-3-2-4-9-18/h2-12H,13H2,1H3,(H,21,23). The fraction of sp³-hybridized carbons (Fsp3) is 0.100. The highest BCUT2D eigenvalue weighted by molar-refractivity contribution is 7.90. The van der Waals surface area contributed by atoms with Gasteiger partial charge in [-0.15, -0.1) is 0 Å². The third kappa shape index (κ3) is 4.51. The van der Waals surface area contributed by atoms with Gasteiger partial charge in [-0.1, -0.05) is 30.3 Å². The van der Waals surface area contributed by atoms with Gasteiger partial charge in [0, 0.05) is 11.3 Å². The van der Waals surface area contributed by atoms with Gasteiger partial charge in [0.25, 0.3) is 5.91 Å². The van der Waals surface area contributed by atoms with E-state index in [9.17, 15) is 18.0 Å². The van der Waals surface area contributed by atoms with E-state index in [4.69, 9.17) is 4.42 Å². The molecular formula is C20H17NO5S. The number of nitrogens with one attached hydrogen (secondary N) is 1. The Morgan fingerprint density at radius 1 is 0.963 bits per heavy atom. The fourth-order valence-electron chi connectivity index (χ4n) is 2.48. The highest BCUT2D eigenvalue weighted by Gasteiger charge is 2.19. The molecule has 7 heteroatoms. The second kappa shape index (κ2) is 7.59. The molecular weight excluding hydrogens is 366 g/mol. The van der Waals surface area contributed by atoms with Crippen LogP contribution in [0.3, 0.4) is 0 Å². The number of hydrogen-bond donors (Lipinski definition) is 1. The second-order valence-electron chi connectivity index (χ2n) is 5.93. The van der Waals surface area contributed by atoms with E-state index in [2.05, 4.69) is 5.32 Å². The highest BCUT2D eigenvalue weighted by atomic mass is 32.2. The van der Waals surface area contributed by atoms with Crippen molar-refractivity contribution in [1.82, 2.24) is 0 Å². The minimum atomic E-state index is -3.56. The average Bonchev–Trinajstić information content (AvgIpc) is 3.10. The maximum Gasteiger partial charge on any atom is 0.291 e. The van der Waals surface area contributed by atoms with Crippen LogP contribution in [0.4, 0.5) is 5.69 Å². The molecule has 138 valence electrons. The zero-order valence-electron chi connectivity index (χ0n) is 14.5. The summed E-state index contributed by atoms with van der Waals surface area (Å²) in [4.78, 5) is 23.9. The van der Waals surface area contributed by atoms with Crippen LogP contribution in [0.25, 0.3) is 0 Å². The van der Waals surface area contributed by atoms with Gasteiger partial charge in [-0.25, -0.2) is 8.42 Å². The molecule has 0 aliphatic rings. The van der Waals surface area contributed by atoms with E-state index in [-0.39, 0.29) is 28.0 Å². The molecule has 1 N–H and O–H groups in total. The quantitative estimate of drug-likeness (QED) is 0.655. The Kier molecular flexibility index (Phi) is 5.23.